The largest absolute Gasteiger partial charge is 0.462 e. The molecular formula is C22H31N3O5S2. The maximum Gasteiger partial charge on any atom is 0.341 e. The number of amides is 3. The Hall–Kier alpha value is -2.07. The topological polar surface area (TPSA) is 105 Å². The van der Waals surface area contributed by atoms with E-state index in [0.717, 1.165) is 29.7 Å². The minimum absolute atomic E-state index is 0.0358. The summed E-state index contributed by atoms with van der Waals surface area (Å²) in [5.74, 6) is -0.455. The Balaban J connectivity index is 1.71. The second-order valence-corrected chi connectivity index (χ2v) is 10.8. The monoisotopic (exact) mass is 481 g/mol. The van der Waals surface area contributed by atoms with Crippen molar-refractivity contribution in [3.8, 4) is 0 Å². The van der Waals surface area contributed by atoms with E-state index in [1.807, 2.05) is 13.8 Å². The standard InChI is InChI=1S/C22H31N3O5S2/c1-5-30-21(29)19-14-7-6-13(4)8-15(14)32-20(19)23-17(27)11-31-22-24-16(26)9-18(28)25(22)10-12(2)3/h12-13,22H,5-11H2,1-4H3,(H,23,27)(H,24,26). The third kappa shape index (κ3) is 5.83. The van der Waals surface area contributed by atoms with Crippen LogP contribution in [0.15, 0.2) is 0 Å². The molecule has 2 unspecified atom stereocenters. The predicted octanol–water partition coefficient (Wildman–Crippen LogP) is 3.01. The molecule has 2 atom stereocenters. The number of thiophene rings is 1. The van der Waals surface area contributed by atoms with Gasteiger partial charge in [0.15, 0.2) is 5.50 Å². The fourth-order valence-corrected chi connectivity index (χ4v) is 6.33. The van der Waals surface area contributed by atoms with Gasteiger partial charge in [0.25, 0.3) is 0 Å². The summed E-state index contributed by atoms with van der Waals surface area (Å²) in [6.45, 7) is 8.70. The van der Waals surface area contributed by atoms with Crippen LogP contribution in [0.2, 0.25) is 0 Å². The first-order valence-electron chi connectivity index (χ1n) is 11.0. The van der Waals surface area contributed by atoms with Crippen molar-refractivity contribution < 1.29 is 23.9 Å². The van der Waals surface area contributed by atoms with Crippen molar-refractivity contribution in [3.05, 3.63) is 16.0 Å². The average molecular weight is 482 g/mol. The molecule has 1 fully saturated rings. The number of nitrogens with one attached hydrogen (secondary N) is 2. The van der Waals surface area contributed by atoms with Crippen LogP contribution in [0.3, 0.4) is 0 Å². The summed E-state index contributed by atoms with van der Waals surface area (Å²) in [6.07, 6.45) is 2.52. The Morgan fingerprint density at radius 1 is 1.34 bits per heavy atom. The van der Waals surface area contributed by atoms with E-state index in [1.165, 1.54) is 23.1 Å². The number of carbonyl (C=O) groups is 4. The highest BCUT2D eigenvalue weighted by molar-refractivity contribution is 8.00. The van der Waals surface area contributed by atoms with E-state index in [-0.39, 0.29) is 42.4 Å². The molecule has 0 bridgehead atoms. The maximum atomic E-state index is 12.8. The summed E-state index contributed by atoms with van der Waals surface area (Å²) in [6, 6.07) is 0. The van der Waals surface area contributed by atoms with Crippen LogP contribution in [0.4, 0.5) is 5.00 Å². The molecule has 1 aliphatic heterocycles. The maximum absolute atomic E-state index is 12.8. The van der Waals surface area contributed by atoms with Crippen molar-refractivity contribution in [1.82, 2.24) is 10.2 Å². The lowest BCUT2D eigenvalue weighted by Crippen LogP contribution is -2.56. The molecule has 10 heteroatoms. The highest BCUT2D eigenvalue weighted by Gasteiger charge is 2.33. The molecule has 32 heavy (non-hydrogen) atoms. The molecule has 1 aromatic rings. The Labute approximate surface area is 196 Å². The highest BCUT2D eigenvalue weighted by Crippen LogP contribution is 2.40. The van der Waals surface area contributed by atoms with E-state index in [0.29, 0.717) is 23.0 Å². The zero-order chi connectivity index (χ0) is 23.4. The molecule has 3 rings (SSSR count). The van der Waals surface area contributed by atoms with Gasteiger partial charge in [-0.1, -0.05) is 20.8 Å². The molecule has 0 aromatic carbocycles. The highest BCUT2D eigenvalue weighted by atomic mass is 32.2. The van der Waals surface area contributed by atoms with Gasteiger partial charge in [-0.3, -0.25) is 14.4 Å². The van der Waals surface area contributed by atoms with E-state index in [2.05, 4.69) is 17.6 Å². The number of ether oxygens (including phenoxy) is 1. The minimum atomic E-state index is -0.584. The molecule has 2 N–H and O–H groups in total. The molecule has 2 heterocycles. The number of hydrogen-bond acceptors (Lipinski definition) is 7. The van der Waals surface area contributed by atoms with E-state index in [1.54, 1.807) is 11.8 Å². The normalized spacial score (nSPS) is 20.7. The average Bonchev–Trinajstić information content (AvgIpc) is 3.05. The third-order valence-electron chi connectivity index (χ3n) is 5.38. The van der Waals surface area contributed by atoms with Gasteiger partial charge >= 0.3 is 5.97 Å². The zero-order valence-corrected chi connectivity index (χ0v) is 20.6. The van der Waals surface area contributed by atoms with Crippen molar-refractivity contribution in [3.63, 3.8) is 0 Å². The van der Waals surface area contributed by atoms with Crippen LogP contribution in [-0.2, 0) is 32.0 Å². The number of thioether (sulfide) groups is 1. The van der Waals surface area contributed by atoms with Gasteiger partial charge in [0.05, 0.1) is 17.9 Å². The van der Waals surface area contributed by atoms with Gasteiger partial charge in [0.2, 0.25) is 17.7 Å². The van der Waals surface area contributed by atoms with Crippen LogP contribution in [0.25, 0.3) is 0 Å². The van der Waals surface area contributed by atoms with E-state index < -0.39 is 11.5 Å². The lowest BCUT2D eigenvalue weighted by Gasteiger charge is -2.36. The number of carbonyl (C=O) groups excluding carboxylic acids is 4. The number of hydrogen-bond donors (Lipinski definition) is 2. The molecule has 2 aliphatic rings. The predicted molar refractivity (Wildman–Crippen MR) is 126 cm³/mol. The summed E-state index contributed by atoms with van der Waals surface area (Å²) in [7, 11) is 0. The minimum Gasteiger partial charge on any atom is -0.462 e. The van der Waals surface area contributed by atoms with Crippen molar-refractivity contribution in [1.29, 1.82) is 0 Å². The Bertz CT molecular complexity index is 898. The fourth-order valence-electron chi connectivity index (χ4n) is 3.93. The molecule has 176 valence electrons. The molecule has 3 amide bonds. The molecule has 1 aliphatic carbocycles. The van der Waals surface area contributed by atoms with Crippen molar-refractivity contribution >= 4 is 51.8 Å². The molecule has 1 saturated heterocycles. The number of anilines is 1. The number of rotatable bonds is 8. The summed E-state index contributed by atoms with van der Waals surface area (Å²) >= 11 is 2.63. The number of esters is 1. The molecule has 8 nitrogen and oxygen atoms in total. The van der Waals surface area contributed by atoms with Gasteiger partial charge in [-0.25, -0.2) is 4.79 Å². The second kappa shape index (κ2) is 10.7. The van der Waals surface area contributed by atoms with E-state index in [9.17, 15) is 19.2 Å². The quantitative estimate of drug-likeness (QED) is 0.437. The van der Waals surface area contributed by atoms with Crippen molar-refractivity contribution in [2.75, 3.05) is 24.2 Å². The SMILES string of the molecule is CCOC(=O)c1c(NC(=O)CSC2NC(=O)CC(=O)N2CC(C)C)sc2c1CCC(C)C2. The molecule has 0 spiro atoms. The molecule has 1 aromatic heterocycles. The van der Waals surface area contributed by atoms with Crippen LogP contribution >= 0.6 is 23.1 Å². The molecule has 0 saturated carbocycles. The summed E-state index contributed by atoms with van der Waals surface area (Å²) in [5.41, 5.74) is 0.876. The Morgan fingerprint density at radius 2 is 2.09 bits per heavy atom. The summed E-state index contributed by atoms with van der Waals surface area (Å²) in [5, 5.41) is 6.20. The van der Waals surface area contributed by atoms with Crippen LogP contribution in [0.1, 0.15) is 61.3 Å². The van der Waals surface area contributed by atoms with Crippen LogP contribution in [0.5, 0.6) is 0 Å². The first kappa shape index (κ1) is 24.6. The van der Waals surface area contributed by atoms with Gasteiger partial charge in [-0.15, -0.1) is 23.1 Å². The van der Waals surface area contributed by atoms with Gasteiger partial charge in [0.1, 0.15) is 11.4 Å². The van der Waals surface area contributed by atoms with Gasteiger partial charge in [-0.05, 0) is 43.6 Å². The Morgan fingerprint density at radius 3 is 2.78 bits per heavy atom. The number of fused-ring (bicyclic) bond motifs is 1. The second-order valence-electron chi connectivity index (χ2n) is 8.67. The van der Waals surface area contributed by atoms with Gasteiger partial charge in [0, 0.05) is 11.4 Å². The van der Waals surface area contributed by atoms with E-state index in [4.69, 9.17) is 4.74 Å². The van der Waals surface area contributed by atoms with Gasteiger partial charge in [-0.2, -0.15) is 0 Å². The van der Waals surface area contributed by atoms with E-state index >= 15 is 0 Å². The number of nitrogens with zero attached hydrogens (tertiary/aromatic N) is 1. The summed E-state index contributed by atoms with van der Waals surface area (Å²) in [4.78, 5) is 52.3. The third-order valence-corrected chi connectivity index (χ3v) is 7.66. The lowest BCUT2D eigenvalue weighted by atomic mass is 9.88. The Kier molecular flexibility index (Phi) is 8.21. The molecule has 0 radical (unpaired) electrons. The zero-order valence-electron chi connectivity index (χ0n) is 19.0. The fraction of sp³-hybridized carbons (Fsp3) is 0.636. The summed E-state index contributed by atoms with van der Waals surface area (Å²) < 4.78 is 5.25. The smallest absolute Gasteiger partial charge is 0.341 e. The first-order valence-corrected chi connectivity index (χ1v) is 12.9. The van der Waals surface area contributed by atoms with Gasteiger partial charge < -0.3 is 20.3 Å². The van der Waals surface area contributed by atoms with Crippen molar-refractivity contribution in [2.45, 2.75) is 58.9 Å². The first-order chi connectivity index (χ1) is 15.2. The van der Waals surface area contributed by atoms with Crippen LogP contribution in [0, 0.1) is 11.8 Å². The molecular weight excluding hydrogens is 450 g/mol. The van der Waals surface area contributed by atoms with Crippen molar-refractivity contribution in [2.24, 2.45) is 11.8 Å². The van der Waals surface area contributed by atoms with Crippen LogP contribution < -0.4 is 10.6 Å². The van der Waals surface area contributed by atoms with Crippen LogP contribution in [-0.4, -0.2) is 53.0 Å². The lowest BCUT2D eigenvalue weighted by molar-refractivity contribution is -0.142.